The molecule has 0 bridgehead atoms. The summed E-state index contributed by atoms with van der Waals surface area (Å²) in [7, 11) is 0. The summed E-state index contributed by atoms with van der Waals surface area (Å²) in [5.74, 6) is 0.559. The van der Waals surface area contributed by atoms with E-state index in [0.717, 1.165) is 6.54 Å². The summed E-state index contributed by atoms with van der Waals surface area (Å²) in [6.45, 7) is 3.03. The summed E-state index contributed by atoms with van der Waals surface area (Å²) in [5, 5.41) is 1.30. The molecule has 2 aromatic carbocycles. The average Bonchev–Trinajstić information content (AvgIpc) is 2.80. The molecule has 0 fully saturated rings. The van der Waals surface area contributed by atoms with Gasteiger partial charge in [-0.3, -0.25) is 0 Å². The Kier molecular flexibility index (Phi) is 3.31. The number of fused-ring (bicyclic) bond motifs is 1. The molecule has 0 amide bonds. The minimum absolute atomic E-state index is 0.559. The highest BCUT2D eigenvalue weighted by atomic mass is 35.5. The van der Waals surface area contributed by atoms with Crippen molar-refractivity contribution in [1.82, 2.24) is 4.57 Å². The van der Waals surface area contributed by atoms with E-state index in [-0.39, 0.29) is 0 Å². The van der Waals surface area contributed by atoms with E-state index in [9.17, 15) is 0 Å². The molecule has 1 nitrogen and oxygen atoms in total. The Bertz CT molecular complexity index is 698. The van der Waals surface area contributed by atoms with Gasteiger partial charge in [-0.1, -0.05) is 42.5 Å². The highest BCUT2D eigenvalue weighted by Gasteiger charge is 2.09. The first-order valence-electron chi connectivity index (χ1n) is 6.47. The minimum atomic E-state index is 0.559. The predicted octanol–water partition coefficient (Wildman–Crippen LogP) is 4.74. The lowest BCUT2D eigenvalue weighted by molar-refractivity contribution is 0.833. The van der Waals surface area contributed by atoms with Gasteiger partial charge in [-0.25, -0.2) is 0 Å². The molecule has 19 heavy (non-hydrogen) atoms. The Morgan fingerprint density at radius 3 is 2.53 bits per heavy atom. The van der Waals surface area contributed by atoms with E-state index in [0.29, 0.717) is 5.88 Å². The highest BCUT2D eigenvalue weighted by molar-refractivity contribution is 6.18. The number of hydrogen-bond acceptors (Lipinski definition) is 0. The molecule has 0 aliphatic heterocycles. The van der Waals surface area contributed by atoms with Crippen LogP contribution < -0.4 is 0 Å². The van der Waals surface area contributed by atoms with Gasteiger partial charge in [-0.15, -0.1) is 11.6 Å². The van der Waals surface area contributed by atoms with Crippen LogP contribution in [-0.4, -0.2) is 4.57 Å². The third-order valence-electron chi connectivity index (χ3n) is 3.53. The van der Waals surface area contributed by atoms with Crippen molar-refractivity contribution < 1.29 is 0 Å². The van der Waals surface area contributed by atoms with E-state index in [1.807, 2.05) is 6.07 Å². The number of nitrogens with zero attached hydrogens (tertiary/aromatic N) is 1. The van der Waals surface area contributed by atoms with Crippen LogP contribution in [0.3, 0.4) is 0 Å². The molecular formula is C17H16ClN. The number of rotatable bonds is 3. The number of aryl methyl sites for hydroxylation is 1. The molecular weight excluding hydrogens is 254 g/mol. The summed E-state index contributed by atoms with van der Waals surface area (Å²) in [4.78, 5) is 0. The topological polar surface area (TPSA) is 4.93 Å². The average molecular weight is 270 g/mol. The smallest absolute Gasteiger partial charge is 0.0495 e. The molecule has 0 radical (unpaired) electrons. The molecule has 0 N–H and O–H groups in total. The van der Waals surface area contributed by atoms with Gasteiger partial charge in [0.2, 0.25) is 0 Å². The van der Waals surface area contributed by atoms with Gasteiger partial charge in [0.25, 0.3) is 0 Å². The lowest BCUT2D eigenvalue weighted by atomic mass is 10.1. The molecule has 0 unspecified atom stereocenters. The lowest BCUT2D eigenvalue weighted by Gasteiger charge is -2.06. The molecule has 0 saturated heterocycles. The monoisotopic (exact) mass is 269 g/mol. The number of hydrogen-bond donors (Lipinski definition) is 0. The van der Waals surface area contributed by atoms with E-state index < -0.39 is 0 Å². The van der Waals surface area contributed by atoms with Gasteiger partial charge in [0.15, 0.2) is 0 Å². The van der Waals surface area contributed by atoms with E-state index in [2.05, 4.69) is 60.2 Å². The normalized spacial score (nSPS) is 11.1. The van der Waals surface area contributed by atoms with Crippen molar-refractivity contribution in [3.05, 3.63) is 71.4 Å². The Labute approximate surface area is 118 Å². The van der Waals surface area contributed by atoms with Gasteiger partial charge in [-0.2, -0.15) is 0 Å². The number of halogens is 1. The second-order valence-corrected chi connectivity index (χ2v) is 5.14. The fraction of sp³-hybridized carbons (Fsp3) is 0.176. The van der Waals surface area contributed by atoms with E-state index >= 15 is 0 Å². The summed E-state index contributed by atoms with van der Waals surface area (Å²) < 4.78 is 2.29. The second-order valence-electron chi connectivity index (χ2n) is 4.87. The zero-order valence-corrected chi connectivity index (χ0v) is 11.7. The summed E-state index contributed by atoms with van der Waals surface area (Å²) >= 11 is 6.08. The predicted molar refractivity (Wildman–Crippen MR) is 81.8 cm³/mol. The first-order chi connectivity index (χ1) is 9.29. The maximum atomic E-state index is 6.08. The standard InChI is InChI=1S/C17H16ClN/c1-13-6-5-9-16-17(13)15(10-18)12-19(16)11-14-7-3-2-4-8-14/h2-9,12H,10-11H2,1H3. The summed E-state index contributed by atoms with van der Waals surface area (Å²) in [5.41, 5.74) is 5.08. The lowest BCUT2D eigenvalue weighted by Crippen LogP contribution is -1.97. The third kappa shape index (κ3) is 2.26. The van der Waals surface area contributed by atoms with Crippen molar-refractivity contribution in [2.75, 3.05) is 0 Å². The van der Waals surface area contributed by atoms with Gasteiger partial charge >= 0.3 is 0 Å². The summed E-state index contributed by atoms with van der Waals surface area (Å²) in [6.07, 6.45) is 2.18. The van der Waals surface area contributed by atoms with Gasteiger partial charge in [0.05, 0.1) is 0 Å². The molecule has 0 aliphatic carbocycles. The zero-order chi connectivity index (χ0) is 13.2. The van der Waals surface area contributed by atoms with E-state index in [1.54, 1.807) is 0 Å². The van der Waals surface area contributed by atoms with Crippen LogP contribution in [0.15, 0.2) is 54.7 Å². The van der Waals surface area contributed by atoms with Crippen molar-refractivity contribution in [1.29, 1.82) is 0 Å². The Balaban J connectivity index is 2.12. The number of aromatic nitrogens is 1. The Morgan fingerprint density at radius 1 is 1.00 bits per heavy atom. The molecule has 1 heterocycles. The molecule has 0 spiro atoms. The van der Waals surface area contributed by atoms with E-state index in [4.69, 9.17) is 11.6 Å². The first-order valence-corrected chi connectivity index (χ1v) is 7.00. The minimum Gasteiger partial charge on any atom is -0.343 e. The van der Waals surface area contributed by atoms with Crippen molar-refractivity contribution >= 4 is 22.5 Å². The molecule has 2 heteroatoms. The van der Waals surface area contributed by atoms with Gasteiger partial charge in [0.1, 0.15) is 0 Å². The highest BCUT2D eigenvalue weighted by Crippen LogP contribution is 2.26. The maximum Gasteiger partial charge on any atom is 0.0495 e. The molecule has 3 aromatic rings. The van der Waals surface area contributed by atoms with E-state index in [1.165, 1.54) is 27.6 Å². The van der Waals surface area contributed by atoms with Crippen LogP contribution in [0.4, 0.5) is 0 Å². The largest absolute Gasteiger partial charge is 0.343 e. The maximum absolute atomic E-state index is 6.08. The van der Waals surface area contributed by atoms with Crippen LogP contribution in [-0.2, 0) is 12.4 Å². The SMILES string of the molecule is Cc1cccc2c1c(CCl)cn2Cc1ccccc1. The number of alkyl halides is 1. The molecule has 0 aliphatic rings. The van der Waals surface area contributed by atoms with Gasteiger partial charge < -0.3 is 4.57 Å². The Morgan fingerprint density at radius 2 is 1.79 bits per heavy atom. The number of benzene rings is 2. The van der Waals surface area contributed by atoms with Gasteiger partial charge in [-0.05, 0) is 29.7 Å². The van der Waals surface area contributed by atoms with Crippen LogP contribution in [0.1, 0.15) is 16.7 Å². The molecule has 1 aromatic heterocycles. The fourth-order valence-corrected chi connectivity index (χ4v) is 2.85. The van der Waals surface area contributed by atoms with Crippen molar-refractivity contribution in [2.45, 2.75) is 19.3 Å². The third-order valence-corrected chi connectivity index (χ3v) is 3.82. The first kappa shape index (κ1) is 12.3. The van der Waals surface area contributed by atoms with Gasteiger partial charge in [0, 0.05) is 29.5 Å². The van der Waals surface area contributed by atoms with Crippen LogP contribution in [0, 0.1) is 6.92 Å². The van der Waals surface area contributed by atoms with Crippen LogP contribution in [0.2, 0.25) is 0 Å². The Hall–Kier alpha value is -1.73. The summed E-state index contributed by atoms with van der Waals surface area (Å²) in [6, 6.07) is 16.9. The van der Waals surface area contributed by atoms with Crippen molar-refractivity contribution in [3.8, 4) is 0 Å². The zero-order valence-electron chi connectivity index (χ0n) is 10.9. The fourth-order valence-electron chi connectivity index (χ4n) is 2.64. The molecule has 96 valence electrons. The van der Waals surface area contributed by atoms with Crippen molar-refractivity contribution in [3.63, 3.8) is 0 Å². The quantitative estimate of drug-likeness (QED) is 0.606. The molecule has 3 rings (SSSR count). The molecule has 0 saturated carbocycles. The van der Waals surface area contributed by atoms with Crippen molar-refractivity contribution in [2.24, 2.45) is 0 Å². The second kappa shape index (κ2) is 5.10. The van der Waals surface area contributed by atoms with Crippen LogP contribution in [0.5, 0.6) is 0 Å². The van der Waals surface area contributed by atoms with Crippen LogP contribution >= 0.6 is 11.6 Å². The molecule has 0 atom stereocenters. The van der Waals surface area contributed by atoms with Crippen LogP contribution in [0.25, 0.3) is 10.9 Å².